The summed E-state index contributed by atoms with van der Waals surface area (Å²) in [6.07, 6.45) is 6.41. The summed E-state index contributed by atoms with van der Waals surface area (Å²) in [5.41, 5.74) is 5.42. The molecule has 0 radical (unpaired) electrons. The molecule has 0 aliphatic heterocycles. The van der Waals surface area contributed by atoms with Crippen LogP contribution in [0, 0.1) is 11.8 Å². The van der Waals surface area contributed by atoms with Gasteiger partial charge in [0.25, 0.3) is 0 Å². The van der Waals surface area contributed by atoms with Gasteiger partial charge in [-0.3, -0.25) is 4.79 Å². The Morgan fingerprint density at radius 3 is 2.60 bits per heavy atom. The van der Waals surface area contributed by atoms with E-state index in [2.05, 4.69) is 5.32 Å². The summed E-state index contributed by atoms with van der Waals surface area (Å²) in [7, 11) is 0. The minimum atomic E-state index is -0.344. The van der Waals surface area contributed by atoms with E-state index in [9.17, 15) is 4.79 Å². The Labute approximate surface area is 96.8 Å². The Kier molecular flexibility index (Phi) is 5.02. The third-order valence-electron chi connectivity index (χ3n) is 3.11. The van der Waals surface area contributed by atoms with E-state index in [-0.39, 0.29) is 16.8 Å². The van der Waals surface area contributed by atoms with E-state index in [4.69, 9.17) is 18.0 Å². The van der Waals surface area contributed by atoms with Crippen LogP contribution >= 0.6 is 12.2 Å². The lowest BCUT2D eigenvalue weighted by molar-refractivity contribution is -0.122. The summed E-state index contributed by atoms with van der Waals surface area (Å²) in [6, 6.07) is 0. The van der Waals surface area contributed by atoms with E-state index in [1.807, 2.05) is 0 Å². The van der Waals surface area contributed by atoms with Crippen LogP contribution in [0.1, 0.15) is 39.0 Å². The van der Waals surface area contributed by atoms with Gasteiger partial charge >= 0.3 is 0 Å². The SMILES string of the molecule is CC(C(=O)NCC1CCCCC1)C(N)=S. The normalized spacial score (nSPS) is 19.5. The van der Waals surface area contributed by atoms with Gasteiger partial charge in [-0.25, -0.2) is 0 Å². The Hall–Kier alpha value is -0.640. The molecule has 1 unspecified atom stereocenters. The summed E-state index contributed by atoms with van der Waals surface area (Å²) in [5.74, 6) is 0.276. The van der Waals surface area contributed by atoms with E-state index in [0.717, 1.165) is 6.54 Å². The molecule has 1 amide bonds. The van der Waals surface area contributed by atoms with Crippen molar-refractivity contribution in [2.75, 3.05) is 6.54 Å². The lowest BCUT2D eigenvalue weighted by Crippen LogP contribution is -2.38. The smallest absolute Gasteiger partial charge is 0.229 e. The number of hydrogen-bond acceptors (Lipinski definition) is 2. The van der Waals surface area contributed by atoms with Crippen LogP contribution in [-0.2, 0) is 4.79 Å². The molecule has 3 N–H and O–H groups in total. The molecular formula is C11H20N2OS. The average Bonchev–Trinajstić information content (AvgIpc) is 2.26. The van der Waals surface area contributed by atoms with Crippen molar-refractivity contribution in [2.45, 2.75) is 39.0 Å². The minimum absolute atomic E-state index is 0.0342. The molecule has 1 aliphatic carbocycles. The van der Waals surface area contributed by atoms with Gasteiger partial charge in [0.15, 0.2) is 0 Å². The van der Waals surface area contributed by atoms with Gasteiger partial charge in [0, 0.05) is 6.54 Å². The number of nitrogens with one attached hydrogen (secondary N) is 1. The molecule has 0 heterocycles. The van der Waals surface area contributed by atoms with Crippen molar-refractivity contribution < 1.29 is 4.79 Å². The van der Waals surface area contributed by atoms with Gasteiger partial charge in [-0.15, -0.1) is 0 Å². The molecule has 1 rings (SSSR count). The predicted octanol–water partition coefficient (Wildman–Crippen LogP) is 1.61. The third-order valence-corrected chi connectivity index (χ3v) is 3.46. The van der Waals surface area contributed by atoms with Gasteiger partial charge in [-0.1, -0.05) is 31.5 Å². The van der Waals surface area contributed by atoms with Gasteiger partial charge in [0.2, 0.25) is 5.91 Å². The van der Waals surface area contributed by atoms with E-state index in [1.165, 1.54) is 32.1 Å². The van der Waals surface area contributed by atoms with Crippen LogP contribution in [0.3, 0.4) is 0 Å². The number of rotatable bonds is 4. The first kappa shape index (κ1) is 12.4. The van der Waals surface area contributed by atoms with E-state index >= 15 is 0 Å². The molecule has 1 saturated carbocycles. The Bertz CT molecular complexity index is 237. The summed E-state index contributed by atoms with van der Waals surface area (Å²) >= 11 is 4.78. The second-order valence-corrected chi connectivity index (χ2v) is 4.84. The maximum Gasteiger partial charge on any atom is 0.229 e. The molecular weight excluding hydrogens is 208 g/mol. The zero-order valence-electron chi connectivity index (χ0n) is 9.29. The number of nitrogens with two attached hydrogens (primary N) is 1. The molecule has 0 aromatic heterocycles. The van der Waals surface area contributed by atoms with Crippen molar-refractivity contribution in [1.29, 1.82) is 0 Å². The van der Waals surface area contributed by atoms with Crippen LogP contribution in [0.5, 0.6) is 0 Å². The zero-order valence-corrected chi connectivity index (χ0v) is 10.1. The predicted molar refractivity (Wildman–Crippen MR) is 65.5 cm³/mol. The Balaban J connectivity index is 2.23. The highest BCUT2D eigenvalue weighted by Crippen LogP contribution is 2.22. The second kappa shape index (κ2) is 6.05. The maximum absolute atomic E-state index is 11.5. The highest BCUT2D eigenvalue weighted by Gasteiger charge is 2.18. The molecule has 0 aromatic rings. The molecule has 0 aromatic carbocycles. The number of carbonyl (C=O) groups is 1. The van der Waals surface area contributed by atoms with Crippen molar-refractivity contribution >= 4 is 23.1 Å². The highest BCUT2D eigenvalue weighted by atomic mass is 32.1. The lowest BCUT2D eigenvalue weighted by Gasteiger charge is -2.22. The Morgan fingerprint density at radius 2 is 2.07 bits per heavy atom. The number of thiocarbonyl (C=S) groups is 1. The minimum Gasteiger partial charge on any atom is -0.393 e. The van der Waals surface area contributed by atoms with Crippen LogP contribution < -0.4 is 11.1 Å². The molecule has 3 nitrogen and oxygen atoms in total. The second-order valence-electron chi connectivity index (χ2n) is 4.37. The summed E-state index contributed by atoms with van der Waals surface area (Å²) in [4.78, 5) is 11.8. The monoisotopic (exact) mass is 228 g/mol. The Morgan fingerprint density at radius 1 is 1.47 bits per heavy atom. The van der Waals surface area contributed by atoms with Gasteiger partial charge in [-0.2, -0.15) is 0 Å². The summed E-state index contributed by atoms with van der Waals surface area (Å²) < 4.78 is 0. The average molecular weight is 228 g/mol. The first-order chi connectivity index (χ1) is 7.11. The molecule has 15 heavy (non-hydrogen) atoms. The number of carbonyl (C=O) groups excluding carboxylic acids is 1. The zero-order chi connectivity index (χ0) is 11.3. The van der Waals surface area contributed by atoms with Crippen molar-refractivity contribution in [2.24, 2.45) is 17.6 Å². The molecule has 1 atom stereocenters. The molecule has 4 heteroatoms. The topological polar surface area (TPSA) is 55.1 Å². The molecule has 1 fully saturated rings. The van der Waals surface area contributed by atoms with Crippen LogP contribution in [0.15, 0.2) is 0 Å². The summed E-state index contributed by atoms with van der Waals surface area (Å²) in [5, 5.41) is 2.93. The highest BCUT2D eigenvalue weighted by molar-refractivity contribution is 7.80. The van der Waals surface area contributed by atoms with Crippen molar-refractivity contribution in [3.05, 3.63) is 0 Å². The van der Waals surface area contributed by atoms with Crippen LogP contribution in [-0.4, -0.2) is 17.4 Å². The lowest BCUT2D eigenvalue weighted by atomic mass is 9.89. The van der Waals surface area contributed by atoms with Gasteiger partial charge in [0.05, 0.1) is 10.9 Å². The maximum atomic E-state index is 11.5. The first-order valence-corrected chi connectivity index (χ1v) is 6.09. The third kappa shape index (κ3) is 4.16. The summed E-state index contributed by atoms with van der Waals surface area (Å²) in [6.45, 7) is 2.53. The van der Waals surface area contributed by atoms with Crippen LogP contribution in [0.2, 0.25) is 0 Å². The first-order valence-electron chi connectivity index (χ1n) is 5.68. The van der Waals surface area contributed by atoms with E-state index in [0.29, 0.717) is 5.92 Å². The van der Waals surface area contributed by atoms with E-state index in [1.54, 1.807) is 6.92 Å². The molecule has 0 bridgehead atoms. The molecule has 0 spiro atoms. The fraction of sp³-hybridized carbons (Fsp3) is 0.818. The molecule has 0 saturated heterocycles. The van der Waals surface area contributed by atoms with Gasteiger partial charge in [-0.05, 0) is 25.7 Å². The molecule has 86 valence electrons. The molecule has 1 aliphatic rings. The largest absolute Gasteiger partial charge is 0.393 e. The van der Waals surface area contributed by atoms with Gasteiger partial charge in [0.1, 0.15) is 0 Å². The van der Waals surface area contributed by atoms with Crippen molar-refractivity contribution in [1.82, 2.24) is 5.32 Å². The van der Waals surface area contributed by atoms with Crippen LogP contribution in [0.4, 0.5) is 0 Å². The fourth-order valence-electron chi connectivity index (χ4n) is 1.92. The number of hydrogen-bond donors (Lipinski definition) is 2. The van der Waals surface area contributed by atoms with E-state index < -0.39 is 0 Å². The quantitative estimate of drug-likeness (QED) is 0.719. The van der Waals surface area contributed by atoms with Gasteiger partial charge < -0.3 is 11.1 Å². The van der Waals surface area contributed by atoms with Crippen molar-refractivity contribution in [3.8, 4) is 0 Å². The fourth-order valence-corrected chi connectivity index (χ4v) is 2.03. The number of amides is 1. The standard InChI is InChI=1S/C11H20N2OS/c1-8(10(12)15)11(14)13-7-9-5-3-2-4-6-9/h8-9H,2-7H2,1H3,(H2,12,15)(H,13,14). The van der Waals surface area contributed by atoms with Crippen molar-refractivity contribution in [3.63, 3.8) is 0 Å². The van der Waals surface area contributed by atoms with Crippen LogP contribution in [0.25, 0.3) is 0 Å².